The Balaban J connectivity index is 1.76. The van der Waals surface area contributed by atoms with E-state index < -0.39 is 37.5 Å². The van der Waals surface area contributed by atoms with Crippen LogP contribution in [0, 0.1) is 0 Å². The number of hydrogen-bond donors (Lipinski definition) is 2. The standard InChI is InChI=1S/C17H18F3N3O5S2/c18-17(19,20)15-3-1-2-4-16(15)21-22-29(24,25)13-5-7-14(8-6-13)30(26,27)23-9-11-28-12-10-23/h1-8,21-22H,9-12H2. The van der Waals surface area contributed by atoms with Crippen molar-refractivity contribution >= 4 is 25.7 Å². The minimum atomic E-state index is -4.68. The molecule has 2 N–H and O–H groups in total. The van der Waals surface area contributed by atoms with Gasteiger partial charge < -0.3 is 10.2 Å². The number of hydrogen-bond acceptors (Lipinski definition) is 6. The third-order valence-corrected chi connectivity index (χ3v) is 7.47. The first-order chi connectivity index (χ1) is 14.0. The van der Waals surface area contributed by atoms with E-state index in [4.69, 9.17) is 4.74 Å². The lowest BCUT2D eigenvalue weighted by Gasteiger charge is -2.26. The van der Waals surface area contributed by atoms with Gasteiger partial charge in [-0.25, -0.2) is 16.8 Å². The SMILES string of the molecule is O=S(=O)(NNc1ccccc1C(F)(F)F)c1ccc(S(=O)(=O)N2CCOCC2)cc1. The van der Waals surface area contributed by atoms with Crippen molar-refractivity contribution in [3.05, 3.63) is 54.1 Å². The van der Waals surface area contributed by atoms with Crippen molar-refractivity contribution in [3.8, 4) is 0 Å². The number of nitrogens with zero attached hydrogens (tertiary/aromatic N) is 1. The van der Waals surface area contributed by atoms with Gasteiger partial charge in [-0.1, -0.05) is 12.1 Å². The highest BCUT2D eigenvalue weighted by atomic mass is 32.2. The van der Waals surface area contributed by atoms with Gasteiger partial charge in [0.2, 0.25) is 10.0 Å². The zero-order valence-electron chi connectivity index (χ0n) is 15.4. The van der Waals surface area contributed by atoms with Gasteiger partial charge in [-0.2, -0.15) is 17.5 Å². The van der Waals surface area contributed by atoms with E-state index in [9.17, 15) is 30.0 Å². The lowest BCUT2D eigenvalue weighted by Crippen LogP contribution is -2.40. The average molecular weight is 465 g/mol. The van der Waals surface area contributed by atoms with Gasteiger partial charge in [-0.05, 0) is 36.4 Å². The topological polar surface area (TPSA) is 105 Å². The lowest BCUT2D eigenvalue weighted by atomic mass is 10.2. The van der Waals surface area contributed by atoms with E-state index in [-0.39, 0.29) is 36.1 Å². The van der Waals surface area contributed by atoms with Gasteiger partial charge in [0.1, 0.15) is 0 Å². The molecule has 1 heterocycles. The number of benzene rings is 2. The summed E-state index contributed by atoms with van der Waals surface area (Å²) in [7, 11) is -8.07. The van der Waals surface area contributed by atoms with Gasteiger partial charge in [0.05, 0.1) is 34.3 Å². The molecule has 1 saturated heterocycles. The Kier molecular flexibility index (Phi) is 6.38. The van der Waals surface area contributed by atoms with Crippen LogP contribution < -0.4 is 10.3 Å². The summed E-state index contributed by atoms with van der Waals surface area (Å²) in [5.74, 6) is 0. The maximum absolute atomic E-state index is 13.0. The Morgan fingerprint density at radius 3 is 2.03 bits per heavy atom. The van der Waals surface area contributed by atoms with Crippen LogP contribution in [0.2, 0.25) is 0 Å². The predicted octanol–water partition coefficient (Wildman–Crippen LogP) is 2.03. The zero-order valence-corrected chi connectivity index (χ0v) is 17.0. The molecule has 0 aliphatic carbocycles. The number of morpholine rings is 1. The quantitative estimate of drug-likeness (QED) is 0.633. The van der Waals surface area contributed by atoms with Crippen LogP contribution in [0.15, 0.2) is 58.3 Å². The summed E-state index contributed by atoms with van der Waals surface area (Å²) in [6, 6.07) is 8.75. The number of rotatable bonds is 6. The smallest absolute Gasteiger partial charge is 0.379 e. The molecular weight excluding hydrogens is 447 g/mol. The van der Waals surface area contributed by atoms with Gasteiger partial charge in [0, 0.05) is 13.1 Å². The molecule has 0 saturated carbocycles. The van der Waals surface area contributed by atoms with Crippen molar-refractivity contribution in [3.63, 3.8) is 0 Å². The maximum atomic E-state index is 13.0. The van der Waals surface area contributed by atoms with Crippen LogP contribution in [0.5, 0.6) is 0 Å². The molecule has 30 heavy (non-hydrogen) atoms. The largest absolute Gasteiger partial charge is 0.418 e. The molecule has 164 valence electrons. The van der Waals surface area contributed by atoms with Gasteiger partial charge in [-0.15, -0.1) is 4.83 Å². The molecule has 0 unspecified atom stereocenters. The second-order valence-electron chi connectivity index (χ2n) is 6.26. The number of para-hydroxylation sites is 1. The molecule has 0 radical (unpaired) electrons. The van der Waals surface area contributed by atoms with E-state index in [0.29, 0.717) is 0 Å². The van der Waals surface area contributed by atoms with E-state index in [1.165, 1.54) is 16.4 Å². The van der Waals surface area contributed by atoms with E-state index in [1.54, 1.807) is 0 Å². The van der Waals surface area contributed by atoms with E-state index in [0.717, 1.165) is 36.4 Å². The number of hydrazine groups is 1. The molecule has 2 aromatic rings. The number of alkyl halides is 3. The van der Waals surface area contributed by atoms with Gasteiger partial charge in [0.25, 0.3) is 10.0 Å². The summed E-state index contributed by atoms with van der Waals surface area (Å²) in [6.45, 7) is 0.903. The fourth-order valence-corrected chi connectivity index (χ4v) is 5.01. The Morgan fingerprint density at radius 2 is 1.43 bits per heavy atom. The monoisotopic (exact) mass is 465 g/mol. The summed E-state index contributed by atoms with van der Waals surface area (Å²) in [6.07, 6.45) is -4.68. The first kappa shape index (κ1) is 22.5. The highest BCUT2D eigenvalue weighted by Crippen LogP contribution is 2.34. The van der Waals surface area contributed by atoms with E-state index in [2.05, 4.69) is 5.43 Å². The van der Waals surface area contributed by atoms with E-state index in [1.807, 2.05) is 4.83 Å². The zero-order chi connectivity index (χ0) is 22.0. The molecule has 0 bridgehead atoms. The molecule has 8 nitrogen and oxygen atoms in total. The third-order valence-electron chi connectivity index (χ3n) is 4.29. The highest BCUT2D eigenvalue weighted by molar-refractivity contribution is 7.89. The van der Waals surface area contributed by atoms with Gasteiger partial charge in [-0.3, -0.25) is 0 Å². The molecular formula is C17H18F3N3O5S2. The van der Waals surface area contributed by atoms with Gasteiger partial charge in [0.15, 0.2) is 0 Å². The second kappa shape index (κ2) is 8.51. The Morgan fingerprint density at radius 1 is 0.867 bits per heavy atom. The summed E-state index contributed by atoms with van der Waals surface area (Å²) >= 11 is 0. The van der Waals surface area contributed by atoms with Crippen molar-refractivity contribution in [2.24, 2.45) is 0 Å². The number of anilines is 1. The average Bonchev–Trinajstić information content (AvgIpc) is 2.72. The molecule has 3 rings (SSSR count). The third kappa shape index (κ3) is 4.92. The van der Waals surface area contributed by atoms with Crippen molar-refractivity contribution in [1.82, 2.24) is 9.14 Å². The molecule has 1 aliphatic rings. The highest BCUT2D eigenvalue weighted by Gasteiger charge is 2.33. The molecule has 0 spiro atoms. The van der Waals surface area contributed by atoms with Crippen molar-refractivity contribution in [2.75, 3.05) is 31.7 Å². The van der Waals surface area contributed by atoms with Crippen molar-refractivity contribution in [1.29, 1.82) is 0 Å². The summed E-state index contributed by atoms with van der Waals surface area (Å²) < 4.78 is 95.3. The molecule has 2 aromatic carbocycles. The summed E-state index contributed by atoms with van der Waals surface area (Å²) in [5, 5.41) is 0. The number of nitrogens with one attached hydrogen (secondary N) is 2. The number of ether oxygens (including phenoxy) is 1. The lowest BCUT2D eigenvalue weighted by molar-refractivity contribution is -0.137. The normalized spacial score (nSPS) is 16.4. The van der Waals surface area contributed by atoms with Crippen LogP contribution in [0.1, 0.15) is 5.56 Å². The van der Waals surface area contributed by atoms with E-state index >= 15 is 0 Å². The molecule has 1 aliphatic heterocycles. The summed E-state index contributed by atoms with van der Waals surface area (Å²) in [5.41, 5.74) is 0.543. The van der Waals surface area contributed by atoms with Gasteiger partial charge >= 0.3 is 6.18 Å². The maximum Gasteiger partial charge on any atom is 0.418 e. The predicted molar refractivity (Wildman–Crippen MR) is 101 cm³/mol. The fourth-order valence-electron chi connectivity index (χ4n) is 2.75. The number of sulfonamides is 2. The Labute approximate surface area is 171 Å². The molecule has 1 fully saturated rings. The first-order valence-electron chi connectivity index (χ1n) is 8.64. The van der Waals surface area contributed by atoms with Crippen molar-refractivity contribution < 1.29 is 34.7 Å². The minimum absolute atomic E-state index is 0.0984. The van der Waals surface area contributed by atoms with Crippen LogP contribution >= 0.6 is 0 Å². The fraction of sp³-hybridized carbons (Fsp3) is 0.294. The number of halogens is 3. The first-order valence-corrected chi connectivity index (χ1v) is 11.6. The van der Waals surface area contributed by atoms with Crippen molar-refractivity contribution in [2.45, 2.75) is 16.0 Å². The Hall–Kier alpha value is -2.19. The van der Waals surface area contributed by atoms with Crippen LogP contribution in [0.4, 0.5) is 18.9 Å². The molecule has 0 atom stereocenters. The molecule has 0 aromatic heterocycles. The van der Waals surface area contributed by atoms with Crippen LogP contribution in [-0.2, 0) is 31.0 Å². The molecule has 0 amide bonds. The summed E-state index contributed by atoms with van der Waals surface area (Å²) in [4.78, 5) is 1.45. The minimum Gasteiger partial charge on any atom is -0.379 e. The van der Waals surface area contributed by atoms with Crippen LogP contribution in [0.25, 0.3) is 0 Å². The van der Waals surface area contributed by atoms with Crippen LogP contribution in [-0.4, -0.2) is 47.4 Å². The van der Waals surface area contributed by atoms with Crippen LogP contribution in [0.3, 0.4) is 0 Å². The second-order valence-corrected chi connectivity index (χ2v) is 9.88. The Bertz CT molecular complexity index is 1100. The molecule has 13 heteroatoms.